The summed E-state index contributed by atoms with van der Waals surface area (Å²) in [7, 11) is -3.81. The van der Waals surface area contributed by atoms with Gasteiger partial charge in [0.15, 0.2) is 0 Å². The van der Waals surface area contributed by atoms with Crippen LogP contribution >= 0.6 is 0 Å². The van der Waals surface area contributed by atoms with Crippen molar-refractivity contribution in [1.82, 2.24) is 4.90 Å². The highest BCUT2D eigenvalue weighted by Gasteiger charge is 2.42. The molecular weight excluding hydrogens is 331 g/mol. The number of rotatable bonds is 2. The van der Waals surface area contributed by atoms with Crippen LogP contribution in [0.25, 0.3) is 0 Å². The molecule has 0 aromatic heterocycles. The average molecular weight is 347 g/mol. The van der Waals surface area contributed by atoms with Crippen molar-refractivity contribution in [1.29, 1.82) is 0 Å². The number of piperidine rings is 1. The second-order valence-electron chi connectivity index (χ2n) is 5.75. The topological polar surface area (TPSA) is 61.8 Å². The number of hydrogen-bond acceptors (Lipinski definition) is 4. The van der Waals surface area contributed by atoms with Crippen LogP contribution in [-0.4, -0.2) is 45.0 Å². The molecule has 23 heavy (non-hydrogen) atoms. The van der Waals surface area contributed by atoms with Gasteiger partial charge in [-0.3, -0.25) is 4.90 Å². The lowest BCUT2D eigenvalue weighted by Gasteiger charge is -2.34. The van der Waals surface area contributed by atoms with Gasteiger partial charge in [0.1, 0.15) is 10.7 Å². The van der Waals surface area contributed by atoms with Gasteiger partial charge in [0.25, 0.3) is 10.0 Å². The third-order valence-electron chi connectivity index (χ3n) is 4.02. The molecule has 2 aliphatic rings. The maximum Gasteiger partial charge on any atom is 0.393 e. The Balaban J connectivity index is 1.76. The lowest BCUT2D eigenvalue weighted by atomic mass is 9.97. The highest BCUT2D eigenvalue weighted by Crippen LogP contribution is 2.33. The molecule has 0 saturated carbocycles. The zero-order valence-corrected chi connectivity index (χ0v) is 13.0. The van der Waals surface area contributed by atoms with Gasteiger partial charge in [0.05, 0.1) is 18.2 Å². The van der Waals surface area contributed by atoms with Crippen LogP contribution in [0, 0.1) is 5.92 Å². The highest BCUT2D eigenvalue weighted by molar-refractivity contribution is 7.90. The predicted octanol–water partition coefficient (Wildman–Crippen LogP) is 2.47. The van der Waals surface area contributed by atoms with E-state index in [2.05, 4.69) is 9.71 Å². The third-order valence-corrected chi connectivity index (χ3v) is 5.39. The van der Waals surface area contributed by atoms with Crippen molar-refractivity contribution >= 4 is 21.5 Å². The van der Waals surface area contributed by atoms with E-state index in [0.29, 0.717) is 18.7 Å². The fraction of sp³-hybridized carbons (Fsp3) is 0.500. The summed E-state index contributed by atoms with van der Waals surface area (Å²) in [5, 5.41) is 2.90. The molecule has 0 radical (unpaired) electrons. The molecule has 9 heteroatoms. The summed E-state index contributed by atoms with van der Waals surface area (Å²) < 4.78 is 66.5. The number of likely N-dealkylation sites (tertiary alicyclic amines) is 1. The first-order valence-corrected chi connectivity index (χ1v) is 8.69. The molecule has 1 aromatic rings. The van der Waals surface area contributed by atoms with E-state index in [0.717, 1.165) is 0 Å². The maximum absolute atomic E-state index is 12.8. The zero-order chi connectivity index (χ0) is 16.7. The molecule has 2 aliphatic heterocycles. The van der Waals surface area contributed by atoms with Crippen LogP contribution in [0.2, 0.25) is 0 Å². The number of benzene rings is 1. The van der Waals surface area contributed by atoms with Crippen molar-refractivity contribution in [3.05, 3.63) is 24.3 Å². The third kappa shape index (κ3) is 3.50. The molecule has 1 aromatic carbocycles. The van der Waals surface area contributed by atoms with Gasteiger partial charge in [-0.25, -0.2) is 0 Å². The van der Waals surface area contributed by atoms with E-state index < -0.39 is 22.1 Å². The van der Waals surface area contributed by atoms with Crippen LogP contribution in [0.3, 0.4) is 0 Å². The standard InChI is InChI=1S/C14H16F3N3O2S/c15-14(16,17)10-4-3-7-20(8-10)9-13-18-11-5-1-2-6-12(11)23(21,22)19-13/h1-2,5-6,10H,3-4,7-9H2,(H,18,19). The monoisotopic (exact) mass is 347 g/mol. The minimum absolute atomic E-state index is 0.0557. The van der Waals surface area contributed by atoms with Gasteiger partial charge < -0.3 is 5.32 Å². The molecule has 1 N–H and O–H groups in total. The molecular formula is C14H16F3N3O2S. The van der Waals surface area contributed by atoms with Crippen LogP contribution in [0.4, 0.5) is 18.9 Å². The largest absolute Gasteiger partial charge is 0.393 e. The first-order valence-electron chi connectivity index (χ1n) is 7.25. The summed E-state index contributed by atoms with van der Waals surface area (Å²) in [4.78, 5) is 1.67. The van der Waals surface area contributed by atoms with E-state index in [4.69, 9.17) is 0 Å². The van der Waals surface area contributed by atoms with Gasteiger partial charge in [-0.2, -0.15) is 21.6 Å². The Morgan fingerprint density at radius 3 is 2.78 bits per heavy atom. The smallest absolute Gasteiger partial charge is 0.341 e. The first kappa shape index (κ1) is 16.3. The average Bonchev–Trinajstić information content (AvgIpc) is 2.46. The van der Waals surface area contributed by atoms with E-state index in [-0.39, 0.29) is 30.2 Å². The van der Waals surface area contributed by atoms with Gasteiger partial charge in [0, 0.05) is 6.54 Å². The molecule has 2 heterocycles. The Labute approximate surface area is 132 Å². The Morgan fingerprint density at radius 1 is 1.30 bits per heavy atom. The molecule has 126 valence electrons. The normalized spacial score (nSPS) is 24.5. The van der Waals surface area contributed by atoms with Crippen LogP contribution in [0.1, 0.15) is 12.8 Å². The molecule has 0 bridgehead atoms. The Hall–Kier alpha value is -1.61. The molecule has 1 unspecified atom stereocenters. The second kappa shape index (κ2) is 5.79. The lowest BCUT2D eigenvalue weighted by molar-refractivity contribution is -0.186. The van der Waals surface area contributed by atoms with E-state index in [1.807, 2.05) is 0 Å². The van der Waals surface area contributed by atoms with Crippen molar-refractivity contribution in [3.63, 3.8) is 0 Å². The molecule has 1 saturated heterocycles. The molecule has 3 rings (SSSR count). The quantitative estimate of drug-likeness (QED) is 0.893. The van der Waals surface area contributed by atoms with Gasteiger partial charge in [-0.15, -0.1) is 4.40 Å². The minimum Gasteiger partial charge on any atom is -0.341 e. The van der Waals surface area contributed by atoms with Gasteiger partial charge in [-0.05, 0) is 31.5 Å². The molecule has 0 spiro atoms. The number of nitrogens with zero attached hydrogens (tertiary/aromatic N) is 2. The first-order chi connectivity index (χ1) is 10.8. The number of para-hydroxylation sites is 1. The van der Waals surface area contributed by atoms with Gasteiger partial charge >= 0.3 is 6.18 Å². The summed E-state index contributed by atoms with van der Waals surface area (Å²) in [6.45, 7) is 0.418. The summed E-state index contributed by atoms with van der Waals surface area (Å²) in [5.74, 6) is -1.21. The van der Waals surface area contributed by atoms with Gasteiger partial charge in [0.2, 0.25) is 0 Å². The van der Waals surface area contributed by atoms with E-state index in [1.54, 1.807) is 23.1 Å². The number of alkyl halides is 3. The molecule has 1 atom stereocenters. The van der Waals surface area contributed by atoms with Crippen LogP contribution in [-0.2, 0) is 10.0 Å². The van der Waals surface area contributed by atoms with E-state index in [1.165, 1.54) is 6.07 Å². The van der Waals surface area contributed by atoms with Crippen molar-refractivity contribution in [2.45, 2.75) is 23.9 Å². The predicted molar refractivity (Wildman–Crippen MR) is 79.9 cm³/mol. The van der Waals surface area contributed by atoms with Crippen LogP contribution < -0.4 is 5.32 Å². The Kier molecular flexibility index (Phi) is 4.09. The second-order valence-corrected chi connectivity index (χ2v) is 7.32. The molecule has 5 nitrogen and oxygen atoms in total. The molecule has 0 amide bonds. The minimum atomic E-state index is -4.22. The van der Waals surface area contributed by atoms with E-state index >= 15 is 0 Å². The fourth-order valence-corrected chi connectivity index (χ4v) is 4.05. The van der Waals surface area contributed by atoms with Crippen molar-refractivity contribution < 1.29 is 21.6 Å². The van der Waals surface area contributed by atoms with Crippen molar-refractivity contribution in [2.75, 3.05) is 25.0 Å². The number of amidine groups is 1. The number of sulfonamides is 1. The lowest BCUT2D eigenvalue weighted by Crippen LogP contribution is -2.45. The number of fused-ring (bicyclic) bond motifs is 1. The van der Waals surface area contributed by atoms with Crippen LogP contribution in [0.5, 0.6) is 0 Å². The Bertz CT molecular complexity index is 731. The summed E-state index contributed by atoms with van der Waals surface area (Å²) >= 11 is 0. The summed E-state index contributed by atoms with van der Waals surface area (Å²) in [5.41, 5.74) is 0.405. The molecule has 0 aliphatic carbocycles. The fourth-order valence-electron chi connectivity index (χ4n) is 2.91. The van der Waals surface area contributed by atoms with Gasteiger partial charge in [-0.1, -0.05) is 12.1 Å². The van der Waals surface area contributed by atoms with Crippen molar-refractivity contribution in [2.24, 2.45) is 10.3 Å². The summed E-state index contributed by atoms with van der Waals surface area (Å²) in [6.07, 6.45) is -3.68. The SMILES string of the molecule is O=S1(=O)N=C(CN2CCCC(C(F)(F)F)C2)Nc2ccccc21. The van der Waals surface area contributed by atoms with E-state index in [9.17, 15) is 21.6 Å². The highest BCUT2D eigenvalue weighted by atomic mass is 32.2. The van der Waals surface area contributed by atoms with Crippen LogP contribution in [0.15, 0.2) is 33.6 Å². The zero-order valence-electron chi connectivity index (χ0n) is 12.2. The molecule has 1 fully saturated rings. The number of hydrogen-bond donors (Lipinski definition) is 1. The number of halogens is 3. The summed E-state index contributed by atoms with van der Waals surface area (Å²) in [6, 6.07) is 6.33. The Morgan fingerprint density at radius 2 is 2.04 bits per heavy atom. The number of anilines is 1. The van der Waals surface area contributed by atoms with Crippen molar-refractivity contribution in [3.8, 4) is 0 Å². The number of nitrogens with one attached hydrogen (secondary N) is 1. The maximum atomic E-state index is 12.8.